The second-order valence-electron chi connectivity index (χ2n) is 8.51. The van der Waals surface area contributed by atoms with E-state index in [0.717, 1.165) is 42.6 Å². The van der Waals surface area contributed by atoms with Gasteiger partial charge in [-0.25, -0.2) is 4.68 Å². The van der Waals surface area contributed by atoms with Gasteiger partial charge in [0.25, 0.3) is 0 Å². The number of thioether (sulfide) groups is 1. The zero-order valence-electron chi connectivity index (χ0n) is 19.0. The second kappa shape index (κ2) is 9.43. The van der Waals surface area contributed by atoms with E-state index in [-0.39, 0.29) is 5.75 Å². The van der Waals surface area contributed by atoms with Gasteiger partial charge in [-0.15, -0.1) is 11.8 Å². The lowest BCUT2D eigenvalue weighted by Gasteiger charge is -2.37. The summed E-state index contributed by atoms with van der Waals surface area (Å²) in [7, 11) is 0. The van der Waals surface area contributed by atoms with Crippen LogP contribution in [0.25, 0.3) is 17.0 Å². The molecule has 3 nitrogen and oxygen atoms in total. The molecule has 0 spiro atoms. The van der Waals surface area contributed by atoms with Crippen molar-refractivity contribution in [2.24, 2.45) is 0 Å². The van der Waals surface area contributed by atoms with Crippen LogP contribution in [-0.2, 0) is 4.75 Å². The van der Waals surface area contributed by atoms with Gasteiger partial charge in [-0.05, 0) is 40.8 Å². The van der Waals surface area contributed by atoms with Gasteiger partial charge in [-0.2, -0.15) is 5.10 Å². The Labute approximate surface area is 230 Å². The number of fused-ring (bicyclic) bond motifs is 1. The molecule has 0 unspecified atom stereocenters. The Kier molecular flexibility index (Phi) is 6.12. The van der Waals surface area contributed by atoms with Crippen molar-refractivity contribution in [2.75, 3.05) is 0 Å². The van der Waals surface area contributed by atoms with Crippen molar-refractivity contribution < 1.29 is 5.11 Å². The third kappa shape index (κ3) is 3.84. The summed E-state index contributed by atoms with van der Waals surface area (Å²) in [5.41, 5.74) is 6.24. The SMILES string of the molecule is Oc1c(-c2ccc(Br)cc2)nn2c1C(c1ccccc1)(c1ccccc1)SC=C2c1ccc(Br)cc1. The van der Waals surface area contributed by atoms with Crippen LogP contribution in [0.1, 0.15) is 22.4 Å². The van der Waals surface area contributed by atoms with Crippen LogP contribution < -0.4 is 0 Å². The van der Waals surface area contributed by atoms with Crippen molar-refractivity contribution in [3.05, 3.63) is 146 Å². The highest BCUT2D eigenvalue weighted by Crippen LogP contribution is 2.57. The van der Waals surface area contributed by atoms with Crippen molar-refractivity contribution >= 4 is 49.3 Å². The van der Waals surface area contributed by atoms with E-state index in [1.165, 1.54) is 0 Å². The molecular weight excluding hydrogens is 596 g/mol. The fourth-order valence-electron chi connectivity index (χ4n) is 4.69. The summed E-state index contributed by atoms with van der Waals surface area (Å²) >= 11 is 8.75. The second-order valence-corrected chi connectivity index (χ2v) is 11.4. The highest BCUT2D eigenvalue weighted by molar-refractivity contribution is 9.10. The third-order valence-corrected chi connectivity index (χ3v) is 8.80. The maximum atomic E-state index is 11.9. The van der Waals surface area contributed by atoms with Crippen LogP contribution in [0, 0.1) is 0 Å². The largest absolute Gasteiger partial charge is 0.504 e. The van der Waals surface area contributed by atoms with Gasteiger partial charge < -0.3 is 5.11 Å². The Morgan fingerprint density at radius 2 is 1.17 bits per heavy atom. The Bertz CT molecular complexity index is 1520. The van der Waals surface area contributed by atoms with Crippen LogP contribution in [-0.4, -0.2) is 14.9 Å². The zero-order valence-corrected chi connectivity index (χ0v) is 23.0. The zero-order chi connectivity index (χ0) is 24.7. The van der Waals surface area contributed by atoms with E-state index >= 15 is 0 Å². The number of rotatable bonds is 4. The predicted octanol–water partition coefficient (Wildman–Crippen LogP) is 8.67. The first-order chi connectivity index (χ1) is 17.6. The molecule has 0 fully saturated rings. The van der Waals surface area contributed by atoms with Crippen molar-refractivity contribution in [3.8, 4) is 17.0 Å². The van der Waals surface area contributed by atoms with Crippen LogP contribution in [0.2, 0.25) is 0 Å². The minimum absolute atomic E-state index is 0.181. The summed E-state index contributed by atoms with van der Waals surface area (Å²) in [6, 6.07) is 36.7. The summed E-state index contributed by atoms with van der Waals surface area (Å²) in [6.07, 6.45) is 0. The molecule has 176 valence electrons. The van der Waals surface area contributed by atoms with Gasteiger partial charge in [0, 0.05) is 20.1 Å². The molecule has 6 rings (SSSR count). The first kappa shape index (κ1) is 23.3. The van der Waals surface area contributed by atoms with E-state index in [0.29, 0.717) is 5.69 Å². The van der Waals surface area contributed by atoms with Crippen molar-refractivity contribution in [3.63, 3.8) is 0 Å². The Hall–Kier alpha value is -3.06. The average molecular weight is 616 g/mol. The molecule has 4 aromatic carbocycles. The lowest BCUT2D eigenvalue weighted by molar-refractivity contribution is 0.465. The van der Waals surface area contributed by atoms with E-state index in [4.69, 9.17) is 5.10 Å². The predicted molar refractivity (Wildman–Crippen MR) is 155 cm³/mol. The quantitative estimate of drug-likeness (QED) is 0.220. The molecule has 36 heavy (non-hydrogen) atoms. The molecule has 5 aromatic rings. The Morgan fingerprint density at radius 3 is 1.69 bits per heavy atom. The Morgan fingerprint density at radius 1 is 0.667 bits per heavy atom. The number of nitrogens with zero attached hydrogens (tertiary/aromatic N) is 2. The number of hydrogen-bond acceptors (Lipinski definition) is 3. The van der Waals surface area contributed by atoms with Crippen LogP contribution in [0.15, 0.2) is 124 Å². The smallest absolute Gasteiger partial charge is 0.167 e. The summed E-state index contributed by atoms with van der Waals surface area (Å²) in [4.78, 5) is 0. The summed E-state index contributed by atoms with van der Waals surface area (Å²) < 4.78 is 3.22. The molecule has 6 heteroatoms. The van der Waals surface area contributed by atoms with Gasteiger partial charge >= 0.3 is 0 Å². The molecule has 1 aliphatic rings. The summed E-state index contributed by atoms with van der Waals surface area (Å²) in [5.74, 6) is 0.181. The summed E-state index contributed by atoms with van der Waals surface area (Å²) in [6.45, 7) is 0. The first-order valence-corrected chi connectivity index (χ1v) is 13.9. The van der Waals surface area contributed by atoms with E-state index in [1.54, 1.807) is 11.8 Å². The molecule has 0 amide bonds. The molecule has 2 heterocycles. The number of aromatic nitrogens is 2. The summed E-state index contributed by atoms with van der Waals surface area (Å²) in [5, 5.41) is 19.1. The standard InChI is InChI=1S/C30H20Br2N2OS/c31-24-15-11-20(12-16-24)26-19-36-30(22-7-3-1-4-8-22,23-9-5-2-6-10-23)29-28(35)27(33-34(26)29)21-13-17-25(32)18-14-21/h1-19,35H. The maximum absolute atomic E-state index is 11.9. The molecule has 0 radical (unpaired) electrons. The fourth-order valence-corrected chi connectivity index (χ4v) is 6.58. The maximum Gasteiger partial charge on any atom is 0.167 e. The van der Waals surface area contributed by atoms with Crippen molar-refractivity contribution in [1.29, 1.82) is 0 Å². The van der Waals surface area contributed by atoms with E-state index < -0.39 is 4.75 Å². The van der Waals surface area contributed by atoms with Crippen LogP contribution in [0.5, 0.6) is 5.75 Å². The van der Waals surface area contributed by atoms with E-state index in [9.17, 15) is 5.11 Å². The van der Waals surface area contributed by atoms with Crippen molar-refractivity contribution in [2.45, 2.75) is 4.75 Å². The van der Waals surface area contributed by atoms with Crippen LogP contribution in [0.4, 0.5) is 0 Å². The van der Waals surface area contributed by atoms with Gasteiger partial charge in [0.1, 0.15) is 16.1 Å². The van der Waals surface area contributed by atoms with Crippen LogP contribution >= 0.6 is 43.6 Å². The Balaban J connectivity index is 1.68. The lowest BCUT2D eigenvalue weighted by Crippen LogP contribution is -2.31. The number of halogens is 2. The van der Waals surface area contributed by atoms with E-state index in [1.807, 2.05) is 77.5 Å². The monoisotopic (exact) mass is 614 g/mol. The molecule has 0 saturated carbocycles. The average Bonchev–Trinajstić information content (AvgIpc) is 3.28. The molecule has 1 aliphatic heterocycles. The van der Waals surface area contributed by atoms with Crippen molar-refractivity contribution in [1.82, 2.24) is 9.78 Å². The van der Waals surface area contributed by atoms with E-state index in [2.05, 4.69) is 73.7 Å². The normalized spacial score (nSPS) is 14.2. The molecule has 0 bridgehead atoms. The third-order valence-electron chi connectivity index (χ3n) is 6.39. The minimum Gasteiger partial charge on any atom is -0.504 e. The lowest BCUT2D eigenvalue weighted by atomic mass is 9.86. The number of aromatic hydroxyl groups is 1. The van der Waals surface area contributed by atoms with Gasteiger partial charge in [0.2, 0.25) is 0 Å². The first-order valence-electron chi connectivity index (χ1n) is 11.4. The fraction of sp³-hybridized carbons (Fsp3) is 0.0333. The number of benzene rings is 4. The van der Waals surface area contributed by atoms with Gasteiger partial charge in [0.05, 0.1) is 5.70 Å². The highest BCUT2D eigenvalue weighted by Gasteiger charge is 2.46. The van der Waals surface area contributed by atoms with Gasteiger partial charge in [0.15, 0.2) is 5.75 Å². The minimum atomic E-state index is -0.688. The van der Waals surface area contributed by atoms with Gasteiger partial charge in [-0.3, -0.25) is 0 Å². The topological polar surface area (TPSA) is 38.1 Å². The highest BCUT2D eigenvalue weighted by atomic mass is 79.9. The molecule has 0 saturated heterocycles. The van der Waals surface area contributed by atoms with Gasteiger partial charge in [-0.1, -0.05) is 117 Å². The number of hydrogen-bond donors (Lipinski definition) is 1. The molecule has 0 aliphatic carbocycles. The van der Waals surface area contributed by atoms with Crippen LogP contribution in [0.3, 0.4) is 0 Å². The molecule has 1 N–H and O–H groups in total. The molecular formula is C30H20Br2N2OS. The molecule has 0 atom stereocenters. The molecule has 1 aromatic heterocycles.